The van der Waals surface area contributed by atoms with Gasteiger partial charge in [-0.2, -0.15) is 4.31 Å². The first-order chi connectivity index (χ1) is 20.5. The summed E-state index contributed by atoms with van der Waals surface area (Å²) < 4.78 is 46.8. The summed E-state index contributed by atoms with van der Waals surface area (Å²) in [5, 5.41) is 15.1. The minimum atomic E-state index is -3.99. The number of sulfonamides is 1. The molecule has 3 heterocycles. The number of fused-ring (bicyclic) bond motifs is 2. The Morgan fingerprint density at radius 1 is 1.16 bits per heavy atom. The number of rotatable bonds is 12. The molecule has 234 valence electrons. The summed E-state index contributed by atoms with van der Waals surface area (Å²) in [6, 6.07) is 13.5. The zero-order chi connectivity index (χ0) is 30.7. The van der Waals surface area contributed by atoms with Gasteiger partial charge in [0.1, 0.15) is 6.10 Å². The first-order valence-electron chi connectivity index (χ1n) is 14.5. The molecule has 0 radical (unpaired) electrons. The van der Waals surface area contributed by atoms with Gasteiger partial charge >= 0.3 is 6.09 Å². The van der Waals surface area contributed by atoms with Crippen molar-refractivity contribution in [3.8, 4) is 0 Å². The Hall–Kier alpha value is -2.81. The number of nitrogens with zero attached hydrogens (tertiary/aromatic N) is 3. The van der Waals surface area contributed by atoms with E-state index in [1.165, 1.54) is 15.6 Å². The molecule has 11 nitrogen and oxygen atoms in total. The van der Waals surface area contributed by atoms with Crippen LogP contribution in [0, 0.1) is 11.8 Å². The average molecular weight is 633 g/mol. The molecule has 2 aliphatic heterocycles. The number of carbonyl (C=O) groups is 1. The molecule has 5 rings (SSSR count). The number of nitrogens with one attached hydrogen (secondary N) is 1. The fourth-order valence-electron chi connectivity index (χ4n) is 5.43. The number of aromatic nitrogens is 1. The Morgan fingerprint density at radius 3 is 2.65 bits per heavy atom. The Morgan fingerprint density at radius 2 is 1.93 bits per heavy atom. The van der Waals surface area contributed by atoms with E-state index in [9.17, 15) is 18.3 Å². The molecule has 2 aliphatic rings. The van der Waals surface area contributed by atoms with E-state index in [0.29, 0.717) is 6.61 Å². The Balaban J connectivity index is 1.36. The molecule has 1 amide bonds. The van der Waals surface area contributed by atoms with Gasteiger partial charge in [-0.1, -0.05) is 55.5 Å². The SMILES string of the molecule is CC(C)CN(C[C@@H](O)[C@H](Cc1ccccc1)NC(=O)OC1COC2OCCC12)S(=O)(=O)c1ccc2nc(N(C)C)sc2c1. The van der Waals surface area contributed by atoms with Crippen LogP contribution in [0.5, 0.6) is 0 Å². The van der Waals surface area contributed by atoms with Crippen molar-refractivity contribution in [3.63, 3.8) is 0 Å². The maximum absolute atomic E-state index is 14.0. The maximum atomic E-state index is 14.0. The van der Waals surface area contributed by atoms with E-state index >= 15 is 0 Å². The third kappa shape index (κ3) is 7.47. The molecule has 2 saturated heterocycles. The fourth-order valence-corrected chi connectivity index (χ4v) is 8.08. The number of aliphatic hydroxyl groups excluding tert-OH is 1. The highest BCUT2D eigenvalue weighted by atomic mass is 32.2. The Kier molecular flexibility index (Phi) is 9.89. The van der Waals surface area contributed by atoms with Gasteiger partial charge in [0.2, 0.25) is 10.0 Å². The van der Waals surface area contributed by atoms with Crippen molar-refractivity contribution in [3.05, 3.63) is 54.1 Å². The molecular weight excluding hydrogens is 592 g/mol. The number of hydrogen-bond donors (Lipinski definition) is 2. The normalized spacial score (nSPS) is 21.7. The summed E-state index contributed by atoms with van der Waals surface area (Å²) in [6.07, 6.45) is -1.71. The minimum absolute atomic E-state index is 0.0103. The topological polar surface area (TPSA) is 131 Å². The molecule has 13 heteroatoms. The quantitative estimate of drug-likeness (QED) is 0.308. The van der Waals surface area contributed by atoms with E-state index in [1.807, 2.05) is 63.2 Å². The Bertz CT molecular complexity index is 1500. The summed E-state index contributed by atoms with van der Waals surface area (Å²) in [4.78, 5) is 19.6. The molecule has 0 aliphatic carbocycles. The number of benzene rings is 2. The van der Waals surface area contributed by atoms with Crippen molar-refractivity contribution >= 4 is 42.8 Å². The smallest absolute Gasteiger partial charge is 0.407 e. The van der Waals surface area contributed by atoms with Gasteiger partial charge in [0.15, 0.2) is 11.4 Å². The lowest BCUT2D eigenvalue weighted by Gasteiger charge is -2.31. The highest BCUT2D eigenvalue weighted by molar-refractivity contribution is 7.89. The number of anilines is 1. The predicted octanol–water partition coefficient (Wildman–Crippen LogP) is 3.47. The van der Waals surface area contributed by atoms with Crippen LogP contribution in [0.15, 0.2) is 53.4 Å². The minimum Gasteiger partial charge on any atom is -0.443 e. The third-order valence-electron chi connectivity index (χ3n) is 7.64. The van der Waals surface area contributed by atoms with Gasteiger partial charge in [-0.05, 0) is 42.5 Å². The molecule has 43 heavy (non-hydrogen) atoms. The number of hydrogen-bond acceptors (Lipinski definition) is 10. The largest absolute Gasteiger partial charge is 0.443 e. The lowest BCUT2D eigenvalue weighted by molar-refractivity contribution is -0.0907. The maximum Gasteiger partial charge on any atom is 0.407 e. The van der Waals surface area contributed by atoms with Crippen LogP contribution in [0.2, 0.25) is 0 Å². The number of ether oxygens (including phenoxy) is 3. The molecule has 3 aromatic rings. The monoisotopic (exact) mass is 632 g/mol. The number of carbonyl (C=O) groups excluding carboxylic acids is 1. The molecular formula is C30H40N4O7S2. The van der Waals surface area contributed by atoms with Crippen molar-refractivity contribution in [2.45, 2.75) is 56.1 Å². The van der Waals surface area contributed by atoms with Crippen molar-refractivity contribution in [2.24, 2.45) is 11.8 Å². The third-order valence-corrected chi connectivity index (χ3v) is 10.7. The Labute approximate surface area is 256 Å². The van der Waals surface area contributed by atoms with Crippen LogP contribution >= 0.6 is 11.3 Å². The molecule has 3 unspecified atom stereocenters. The van der Waals surface area contributed by atoms with Crippen molar-refractivity contribution in [1.29, 1.82) is 0 Å². The van der Waals surface area contributed by atoms with Crippen LogP contribution in [0.25, 0.3) is 10.2 Å². The van der Waals surface area contributed by atoms with E-state index in [-0.39, 0.29) is 49.1 Å². The molecule has 0 bridgehead atoms. The zero-order valence-corrected chi connectivity index (χ0v) is 26.5. The van der Waals surface area contributed by atoms with Gasteiger partial charge in [-0.15, -0.1) is 0 Å². The van der Waals surface area contributed by atoms with E-state index in [4.69, 9.17) is 14.2 Å². The van der Waals surface area contributed by atoms with Crippen molar-refractivity contribution in [1.82, 2.24) is 14.6 Å². The van der Waals surface area contributed by atoms with E-state index < -0.39 is 34.4 Å². The number of amides is 1. The highest BCUT2D eigenvalue weighted by Gasteiger charge is 2.44. The number of alkyl carbamates (subject to hydrolysis) is 1. The van der Waals surface area contributed by atoms with Crippen LogP contribution in [0.1, 0.15) is 25.8 Å². The van der Waals surface area contributed by atoms with Crippen LogP contribution in [0.3, 0.4) is 0 Å². The number of aliphatic hydroxyl groups is 1. The van der Waals surface area contributed by atoms with Gasteiger partial charge in [0, 0.05) is 27.2 Å². The highest BCUT2D eigenvalue weighted by Crippen LogP contribution is 2.33. The lowest BCUT2D eigenvalue weighted by Crippen LogP contribution is -2.51. The van der Waals surface area contributed by atoms with Gasteiger partial charge < -0.3 is 29.5 Å². The molecule has 1 aromatic heterocycles. The fraction of sp³-hybridized carbons (Fsp3) is 0.533. The molecule has 2 aromatic carbocycles. The lowest BCUT2D eigenvalue weighted by atomic mass is 10.0. The number of thiazole rings is 1. The van der Waals surface area contributed by atoms with E-state index in [0.717, 1.165) is 27.3 Å². The van der Waals surface area contributed by atoms with E-state index in [2.05, 4.69) is 10.3 Å². The predicted molar refractivity (Wildman–Crippen MR) is 165 cm³/mol. The van der Waals surface area contributed by atoms with E-state index in [1.54, 1.807) is 18.2 Å². The average Bonchev–Trinajstić information content (AvgIpc) is 3.69. The second-order valence-electron chi connectivity index (χ2n) is 11.7. The first kappa shape index (κ1) is 31.6. The first-order valence-corrected chi connectivity index (χ1v) is 16.8. The van der Waals surface area contributed by atoms with Crippen LogP contribution in [-0.4, -0.2) is 93.8 Å². The molecule has 5 atom stereocenters. The van der Waals surface area contributed by atoms with Gasteiger partial charge in [0.25, 0.3) is 0 Å². The van der Waals surface area contributed by atoms with Crippen LogP contribution in [-0.2, 0) is 30.7 Å². The van der Waals surface area contributed by atoms with Crippen LogP contribution < -0.4 is 10.2 Å². The standard InChI is InChI=1S/C30H40N4O7S2/c1-19(2)16-34(43(37,38)21-10-11-23-27(15-21)42-29(31-23)33(3)4)17-25(35)24(14-20-8-6-5-7-9-20)32-30(36)41-26-18-40-28-22(26)12-13-39-28/h5-11,15,19,22,24-26,28,35H,12-14,16-18H2,1-4H3,(H,32,36)/t22?,24-,25+,26?,28?/m0/s1. The second kappa shape index (κ2) is 13.4. The molecule has 0 saturated carbocycles. The molecule has 2 fully saturated rings. The summed E-state index contributed by atoms with van der Waals surface area (Å²) in [7, 11) is -0.219. The second-order valence-corrected chi connectivity index (χ2v) is 14.7. The molecule has 2 N–H and O–H groups in total. The van der Waals surface area contributed by atoms with Gasteiger partial charge in [-0.25, -0.2) is 18.2 Å². The van der Waals surface area contributed by atoms with Crippen LogP contribution in [0.4, 0.5) is 9.93 Å². The summed E-state index contributed by atoms with van der Waals surface area (Å²) in [5.41, 5.74) is 1.60. The molecule has 0 spiro atoms. The van der Waals surface area contributed by atoms with Crippen molar-refractivity contribution < 1.29 is 32.5 Å². The zero-order valence-electron chi connectivity index (χ0n) is 24.9. The van der Waals surface area contributed by atoms with Gasteiger partial charge in [-0.3, -0.25) is 0 Å². The summed E-state index contributed by atoms with van der Waals surface area (Å²) in [6.45, 7) is 4.62. The summed E-state index contributed by atoms with van der Waals surface area (Å²) in [5.74, 6) is -0.0384. The van der Waals surface area contributed by atoms with Gasteiger partial charge in [0.05, 0.1) is 46.4 Å². The van der Waals surface area contributed by atoms with Crippen molar-refractivity contribution in [2.75, 3.05) is 45.3 Å². The summed E-state index contributed by atoms with van der Waals surface area (Å²) >= 11 is 1.41.